The van der Waals surface area contributed by atoms with Crippen molar-refractivity contribution in [1.82, 2.24) is 9.62 Å². The summed E-state index contributed by atoms with van der Waals surface area (Å²) in [4.78, 5) is 0.373. The van der Waals surface area contributed by atoms with Crippen molar-refractivity contribution in [2.75, 3.05) is 20.2 Å². The Morgan fingerprint density at radius 1 is 1.29 bits per heavy atom. The van der Waals surface area contributed by atoms with Crippen molar-refractivity contribution in [3.8, 4) is 5.75 Å². The van der Waals surface area contributed by atoms with Crippen LogP contribution in [0.2, 0.25) is 0 Å². The summed E-state index contributed by atoms with van der Waals surface area (Å²) in [6.45, 7) is 1.91. The molecular formula is C15H22N2O3S. The van der Waals surface area contributed by atoms with Gasteiger partial charge in [0.1, 0.15) is 5.75 Å². The van der Waals surface area contributed by atoms with E-state index in [-0.39, 0.29) is 0 Å². The topological polar surface area (TPSA) is 58.6 Å². The predicted octanol–water partition coefficient (Wildman–Crippen LogP) is 1.73. The fourth-order valence-corrected chi connectivity index (χ4v) is 4.24. The molecule has 1 aromatic carbocycles. The summed E-state index contributed by atoms with van der Waals surface area (Å²) in [5.74, 6) is 0.739. The molecule has 1 aliphatic carbocycles. The Kier molecular flexibility index (Phi) is 4.19. The van der Waals surface area contributed by atoms with Crippen LogP contribution in [0, 0.1) is 0 Å². The summed E-state index contributed by atoms with van der Waals surface area (Å²) in [7, 11) is -1.74. The average molecular weight is 310 g/mol. The highest BCUT2D eigenvalue weighted by Crippen LogP contribution is 2.27. The molecule has 6 heteroatoms. The molecule has 0 spiro atoms. The maximum Gasteiger partial charge on any atom is 0.243 e. The fourth-order valence-electron chi connectivity index (χ4n) is 2.67. The van der Waals surface area contributed by atoms with Crippen LogP contribution < -0.4 is 10.1 Å². The van der Waals surface area contributed by atoms with Crippen LogP contribution in [0.3, 0.4) is 0 Å². The summed E-state index contributed by atoms with van der Waals surface area (Å²) in [6.07, 6.45) is 4.30. The van der Waals surface area contributed by atoms with Crippen LogP contribution in [0.1, 0.15) is 31.2 Å². The smallest absolute Gasteiger partial charge is 0.243 e. The van der Waals surface area contributed by atoms with E-state index in [0.29, 0.717) is 30.6 Å². The zero-order chi connectivity index (χ0) is 14.9. The van der Waals surface area contributed by atoms with Crippen LogP contribution >= 0.6 is 0 Å². The Morgan fingerprint density at radius 2 is 2.00 bits per heavy atom. The standard InChI is InChI=1S/C15H22N2O3S/c1-20-15-7-6-14(10-12(15)11-16-13-4-5-13)21(18,19)17-8-2-3-9-17/h6-7,10,13,16H,2-5,8-9,11H2,1H3. The van der Waals surface area contributed by atoms with Crippen molar-refractivity contribution in [1.29, 1.82) is 0 Å². The number of rotatable bonds is 6. The largest absolute Gasteiger partial charge is 0.496 e. The maximum atomic E-state index is 12.6. The van der Waals surface area contributed by atoms with Gasteiger partial charge < -0.3 is 10.1 Å². The highest BCUT2D eigenvalue weighted by atomic mass is 32.2. The first kappa shape index (κ1) is 14.8. The lowest BCUT2D eigenvalue weighted by Crippen LogP contribution is -2.28. The monoisotopic (exact) mass is 310 g/mol. The van der Waals surface area contributed by atoms with Crippen LogP contribution in [0.25, 0.3) is 0 Å². The number of nitrogens with zero attached hydrogens (tertiary/aromatic N) is 1. The van der Waals surface area contributed by atoms with E-state index < -0.39 is 10.0 Å². The fraction of sp³-hybridized carbons (Fsp3) is 0.600. The second-order valence-electron chi connectivity index (χ2n) is 5.74. The third kappa shape index (κ3) is 3.22. The highest BCUT2D eigenvalue weighted by Gasteiger charge is 2.28. The highest BCUT2D eigenvalue weighted by molar-refractivity contribution is 7.89. The number of ether oxygens (including phenoxy) is 1. The van der Waals surface area contributed by atoms with Gasteiger partial charge in [-0.15, -0.1) is 0 Å². The molecule has 0 radical (unpaired) electrons. The van der Waals surface area contributed by atoms with Crippen LogP contribution in [-0.4, -0.2) is 39.0 Å². The van der Waals surface area contributed by atoms with E-state index in [0.717, 1.165) is 24.2 Å². The van der Waals surface area contributed by atoms with E-state index in [1.165, 1.54) is 12.8 Å². The summed E-state index contributed by atoms with van der Waals surface area (Å²) >= 11 is 0. The summed E-state index contributed by atoms with van der Waals surface area (Å²) in [5.41, 5.74) is 0.907. The van der Waals surface area contributed by atoms with Crippen molar-refractivity contribution in [3.05, 3.63) is 23.8 Å². The first-order chi connectivity index (χ1) is 10.1. The molecule has 0 aromatic heterocycles. The number of hydrogen-bond donors (Lipinski definition) is 1. The zero-order valence-corrected chi connectivity index (χ0v) is 13.2. The van der Waals surface area contributed by atoms with E-state index in [9.17, 15) is 8.42 Å². The molecule has 2 fully saturated rings. The van der Waals surface area contributed by atoms with Gasteiger partial charge in [-0.3, -0.25) is 0 Å². The van der Waals surface area contributed by atoms with E-state index in [1.54, 1.807) is 29.6 Å². The molecule has 1 aromatic rings. The summed E-state index contributed by atoms with van der Waals surface area (Å²) < 4.78 is 32.1. The average Bonchev–Trinajstić information content (AvgIpc) is 3.14. The Balaban J connectivity index is 1.85. The Morgan fingerprint density at radius 3 is 2.62 bits per heavy atom. The first-order valence-electron chi connectivity index (χ1n) is 7.52. The second kappa shape index (κ2) is 5.94. The van der Waals surface area contributed by atoms with Crippen LogP contribution in [-0.2, 0) is 16.6 Å². The molecule has 0 unspecified atom stereocenters. The minimum absolute atomic E-state index is 0.373. The van der Waals surface area contributed by atoms with Gasteiger partial charge in [-0.05, 0) is 43.9 Å². The lowest BCUT2D eigenvalue weighted by Gasteiger charge is -2.17. The SMILES string of the molecule is COc1ccc(S(=O)(=O)N2CCCC2)cc1CNC1CC1. The van der Waals surface area contributed by atoms with Crippen molar-refractivity contribution in [2.45, 2.75) is 43.2 Å². The van der Waals surface area contributed by atoms with Gasteiger partial charge in [0.2, 0.25) is 10.0 Å². The first-order valence-corrected chi connectivity index (χ1v) is 8.96. The summed E-state index contributed by atoms with van der Waals surface area (Å²) in [6, 6.07) is 5.73. The Bertz CT molecular complexity index is 605. The van der Waals surface area contributed by atoms with Crippen molar-refractivity contribution in [2.24, 2.45) is 0 Å². The van der Waals surface area contributed by atoms with Gasteiger partial charge in [0, 0.05) is 31.2 Å². The van der Waals surface area contributed by atoms with Gasteiger partial charge >= 0.3 is 0 Å². The third-order valence-corrected chi connectivity index (χ3v) is 6.01. The van der Waals surface area contributed by atoms with Crippen molar-refractivity contribution in [3.63, 3.8) is 0 Å². The number of sulfonamides is 1. The van der Waals surface area contributed by atoms with E-state index in [1.807, 2.05) is 0 Å². The minimum atomic E-state index is -3.36. The molecule has 21 heavy (non-hydrogen) atoms. The van der Waals surface area contributed by atoms with Gasteiger partial charge in [-0.1, -0.05) is 0 Å². The van der Waals surface area contributed by atoms with Gasteiger partial charge in [-0.2, -0.15) is 4.31 Å². The molecule has 1 N–H and O–H groups in total. The molecule has 0 amide bonds. The molecule has 116 valence electrons. The lowest BCUT2D eigenvalue weighted by molar-refractivity contribution is 0.407. The zero-order valence-electron chi connectivity index (χ0n) is 12.3. The molecule has 0 bridgehead atoms. The normalized spacial score (nSPS) is 19.9. The predicted molar refractivity (Wildman–Crippen MR) is 80.8 cm³/mol. The molecule has 1 saturated carbocycles. The van der Waals surface area contributed by atoms with Gasteiger partial charge in [-0.25, -0.2) is 8.42 Å². The van der Waals surface area contributed by atoms with Crippen molar-refractivity contribution >= 4 is 10.0 Å². The van der Waals surface area contributed by atoms with Gasteiger partial charge in [0.15, 0.2) is 0 Å². The molecule has 1 saturated heterocycles. The molecule has 0 atom stereocenters. The molecular weight excluding hydrogens is 288 g/mol. The van der Waals surface area contributed by atoms with Crippen LogP contribution in [0.4, 0.5) is 0 Å². The Hall–Kier alpha value is -1.11. The quantitative estimate of drug-likeness (QED) is 0.869. The van der Waals surface area contributed by atoms with Crippen molar-refractivity contribution < 1.29 is 13.2 Å². The maximum absolute atomic E-state index is 12.6. The lowest BCUT2D eigenvalue weighted by atomic mass is 10.2. The molecule has 1 aliphatic heterocycles. The summed E-state index contributed by atoms with van der Waals surface area (Å²) in [5, 5.41) is 3.41. The minimum Gasteiger partial charge on any atom is -0.496 e. The Labute approximate surface area is 126 Å². The third-order valence-electron chi connectivity index (χ3n) is 4.11. The number of hydrogen-bond acceptors (Lipinski definition) is 4. The van der Waals surface area contributed by atoms with Crippen LogP contribution in [0.15, 0.2) is 23.1 Å². The number of methoxy groups -OCH3 is 1. The number of benzene rings is 1. The molecule has 2 aliphatic rings. The van der Waals surface area contributed by atoms with Gasteiger partial charge in [0.05, 0.1) is 12.0 Å². The van der Waals surface area contributed by atoms with Gasteiger partial charge in [0.25, 0.3) is 0 Å². The van der Waals surface area contributed by atoms with E-state index in [2.05, 4.69) is 5.32 Å². The number of nitrogens with one attached hydrogen (secondary N) is 1. The van der Waals surface area contributed by atoms with E-state index in [4.69, 9.17) is 4.74 Å². The second-order valence-corrected chi connectivity index (χ2v) is 7.68. The van der Waals surface area contributed by atoms with Crippen LogP contribution in [0.5, 0.6) is 5.75 Å². The molecule has 5 nitrogen and oxygen atoms in total. The molecule has 3 rings (SSSR count). The van der Waals surface area contributed by atoms with E-state index >= 15 is 0 Å². The molecule has 1 heterocycles.